The SMILES string of the molecule is COCC(C(C)C)n1c(N)nc2cc(F)c(Br)cc21. The van der Waals surface area contributed by atoms with Crippen LogP contribution in [0.5, 0.6) is 0 Å². The van der Waals surface area contributed by atoms with Crippen molar-refractivity contribution in [3.8, 4) is 0 Å². The fourth-order valence-corrected chi connectivity index (χ4v) is 2.52. The van der Waals surface area contributed by atoms with Crippen molar-refractivity contribution in [1.29, 1.82) is 0 Å². The van der Waals surface area contributed by atoms with Gasteiger partial charge in [-0.1, -0.05) is 13.8 Å². The van der Waals surface area contributed by atoms with Crippen LogP contribution in [0.25, 0.3) is 11.0 Å². The summed E-state index contributed by atoms with van der Waals surface area (Å²) in [5.74, 6) is 0.358. The molecule has 104 valence electrons. The number of nitrogens with zero attached hydrogens (tertiary/aromatic N) is 2. The van der Waals surface area contributed by atoms with Crippen molar-refractivity contribution in [1.82, 2.24) is 9.55 Å². The van der Waals surface area contributed by atoms with Crippen molar-refractivity contribution in [2.75, 3.05) is 19.5 Å². The van der Waals surface area contributed by atoms with Gasteiger partial charge in [0.15, 0.2) is 0 Å². The highest BCUT2D eigenvalue weighted by Crippen LogP contribution is 2.30. The molecule has 19 heavy (non-hydrogen) atoms. The first kappa shape index (κ1) is 14.3. The summed E-state index contributed by atoms with van der Waals surface area (Å²) in [6.45, 7) is 4.71. The number of hydrogen-bond donors (Lipinski definition) is 1. The van der Waals surface area contributed by atoms with E-state index in [9.17, 15) is 4.39 Å². The normalized spacial score (nSPS) is 13.4. The molecule has 1 atom stereocenters. The Morgan fingerprint density at radius 1 is 1.47 bits per heavy atom. The van der Waals surface area contributed by atoms with Crippen molar-refractivity contribution in [3.05, 3.63) is 22.4 Å². The zero-order valence-corrected chi connectivity index (χ0v) is 12.7. The predicted molar refractivity (Wildman–Crippen MR) is 77.6 cm³/mol. The molecule has 1 aromatic heterocycles. The zero-order valence-electron chi connectivity index (χ0n) is 11.2. The van der Waals surface area contributed by atoms with Crippen molar-refractivity contribution in [3.63, 3.8) is 0 Å². The number of benzene rings is 1. The van der Waals surface area contributed by atoms with Gasteiger partial charge in [-0.15, -0.1) is 0 Å². The molecular formula is C13H17BrFN3O. The van der Waals surface area contributed by atoms with Crippen LogP contribution in [0, 0.1) is 11.7 Å². The van der Waals surface area contributed by atoms with E-state index in [1.54, 1.807) is 13.2 Å². The van der Waals surface area contributed by atoms with Crippen LogP contribution in [0.15, 0.2) is 16.6 Å². The minimum Gasteiger partial charge on any atom is -0.383 e. The summed E-state index contributed by atoms with van der Waals surface area (Å²) in [4.78, 5) is 4.22. The van der Waals surface area contributed by atoms with Crippen LogP contribution in [0.4, 0.5) is 10.3 Å². The Labute approximate surface area is 119 Å². The standard InChI is InChI=1S/C13H17BrFN3O/c1-7(2)12(6-19-3)18-11-4-8(14)9(15)5-10(11)17-13(18)16/h4-5,7,12H,6H2,1-3H3,(H2,16,17). The molecule has 0 bridgehead atoms. The Morgan fingerprint density at radius 3 is 2.74 bits per heavy atom. The molecule has 1 aromatic carbocycles. The van der Waals surface area contributed by atoms with E-state index in [0.29, 0.717) is 28.5 Å². The lowest BCUT2D eigenvalue weighted by atomic mass is 10.0. The van der Waals surface area contributed by atoms with Crippen molar-refractivity contribution in [2.24, 2.45) is 5.92 Å². The van der Waals surface area contributed by atoms with Gasteiger partial charge in [0.05, 0.1) is 28.2 Å². The Balaban J connectivity index is 2.64. The first-order valence-corrected chi connectivity index (χ1v) is 6.86. The van der Waals surface area contributed by atoms with Crippen LogP contribution < -0.4 is 5.73 Å². The van der Waals surface area contributed by atoms with E-state index < -0.39 is 0 Å². The Bertz CT molecular complexity index is 597. The molecule has 0 radical (unpaired) electrons. The second kappa shape index (κ2) is 5.46. The number of rotatable bonds is 4. The second-order valence-corrected chi connectivity index (χ2v) is 5.72. The third-order valence-electron chi connectivity index (χ3n) is 3.20. The fraction of sp³-hybridized carbons (Fsp3) is 0.462. The topological polar surface area (TPSA) is 53.1 Å². The number of anilines is 1. The third kappa shape index (κ3) is 2.60. The number of aromatic nitrogens is 2. The predicted octanol–water partition coefficient (Wildman–Crippen LogP) is 3.36. The van der Waals surface area contributed by atoms with Gasteiger partial charge < -0.3 is 15.0 Å². The molecule has 2 N–H and O–H groups in total. The maximum Gasteiger partial charge on any atom is 0.201 e. The number of ether oxygens (including phenoxy) is 1. The van der Waals surface area contributed by atoms with Gasteiger partial charge in [0.25, 0.3) is 0 Å². The highest BCUT2D eigenvalue weighted by molar-refractivity contribution is 9.10. The molecule has 2 aromatic rings. The van der Waals surface area contributed by atoms with Gasteiger partial charge in [-0.25, -0.2) is 9.37 Å². The summed E-state index contributed by atoms with van der Waals surface area (Å²) in [7, 11) is 1.65. The van der Waals surface area contributed by atoms with E-state index in [0.717, 1.165) is 5.52 Å². The smallest absolute Gasteiger partial charge is 0.201 e. The molecule has 0 saturated carbocycles. The molecule has 0 aliphatic heterocycles. The van der Waals surface area contributed by atoms with Crippen LogP contribution >= 0.6 is 15.9 Å². The molecule has 0 aliphatic carbocycles. The van der Waals surface area contributed by atoms with Gasteiger partial charge in [-0.2, -0.15) is 0 Å². The van der Waals surface area contributed by atoms with Crippen molar-refractivity contribution < 1.29 is 9.13 Å². The summed E-state index contributed by atoms with van der Waals surface area (Å²) in [6.07, 6.45) is 0. The molecular weight excluding hydrogens is 313 g/mol. The quantitative estimate of drug-likeness (QED) is 0.935. The largest absolute Gasteiger partial charge is 0.383 e. The maximum absolute atomic E-state index is 13.5. The minimum absolute atomic E-state index is 0.0624. The first-order chi connectivity index (χ1) is 8.95. The third-order valence-corrected chi connectivity index (χ3v) is 3.81. The molecule has 2 rings (SSSR count). The van der Waals surface area contributed by atoms with Crippen LogP contribution in [0.2, 0.25) is 0 Å². The van der Waals surface area contributed by atoms with Gasteiger partial charge in [0.1, 0.15) is 5.82 Å². The monoisotopic (exact) mass is 329 g/mol. The second-order valence-electron chi connectivity index (χ2n) is 4.86. The Kier molecular flexibility index (Phi) is 4.10. The van der Waals surface area contributed by atoms with Crippen molar-refractivity contribution in [2.45, 2.75) is 19.9 Å². The van der Waals surface area contributed by atoms with E-state index in [4.69, 9.17) is 10.5 Å². The fourth-order valence-electron chi connectivity index (χ4n) is 2.19. The number of nitrogens with two attached hydrogens (primary N) is 1. The molecule has 0 fully saturated rings. The van der Waals surface area contributed by atoms with Gasteiger partial charge in [0.2, 0.25) is 5.95 Å². The lowest BCUT2D eigenvalue weighted by Crippen LogP contribution is -2.21. The summed E-state index contributed by atoms with van der Waals surface area (Å²) in [5, 5.41) is 0. The van der Waals surface area contributed by atoms with E-state index in [1.165, 1.54) is 6.07 Å². The molecule has 1 unspecified atom stereocenters. The van der Waals surface area contributed by atoms with Crippen LogP contribution in [-0.4, -0.2) is 23.3 Å². The Hall–Kier alpha value is -1.14. The lowest BCUT2D eigenvalue weighted by Gasteiger charge is -2.23. The molecule has 0 aliphatic rings. The molecule has 6 heteroatoms. The first-order valence-electron chi connectivity index (χ1n) is 6.07. The zero-order chi connectivity index (χ0) is 14.2. The van der Waals surface area contributed by atoms with E-state index >= 15 is 0 Å². The van der Waals surface area contributed by atoms with E-state index in [2.05, 4.69) is 34.8 Å². The number of nitrogen functional groups attached to an aromatic ring is 1. The highest BCUT2D eigenvalue weighted by Gasteiger charge is 2.21. The summed E-state index contributed by atoms with van der Waals surface area (Å²) in [5.41, 5.74) is 7.34. The summed E-state index contributed by atoms with van der Waals surface area (Å²) < 4.78 is 21.1. The van der Waals surface area contributed by atoms with Gasteiger partial charge >= 0.3 is 0 Å². The van der Waals surface area contributed by atoms with E-state index in [1.807, 2.05) is 4.57 Å². The average Bonchev–Trinajstić information content (AvgIpc) is 2.62. The molecule has 0 saturated heterocycles. The number of methoxy groups -OCH3 is 1. The number of fused-ring (bicyclic) bond motifs is 1. The van der Waals surface area contributed by atoms with Crippen molar-refractivity contribution >= 4 is 32.9 Å². The van der Waals surface area contributed by atoms with Gasteiger partial charge in [-0.3, -0.25) is 0 Å². The Morgan fingerprint density at radius 2 is 2.16 bits per heavy atom. The molecule has 4 nitrogen and oxygen atoms in total. The summed E-state index contributed by atoms with van der Waals surface area (Å²) in [6, 6.07) is 3.16. The molecule has 0 amide bonds. The van der Waals surface area contributed by atoms with Crippen LogP contribution in [0.3, 0.4) is 0 Å². The van der Waals surface area contributed by atoms with Gasteiger partial charge in [-0.05, 0) is 27.9 Å². The van der Waals surface area contributed by atoms with E-state index in [-0.39, 0.29) is 11.9 Å². The number of imidazole rings is 1. The summed E-state index contributed by atoms with van der Waals surface area (Å²) >= 11 is 3.20. The maximum atomic E-state index is 13.5. The van der Waals surface area contributed by atoms with Crippen LogP contribution in [0.1, 0.15) is 19.9 Å². The number of hydrogen-bond acceptors (Lipinski definition) is 3. The molecule has 0 spiro atoms. The van der Waals surface area contributed by atoms with Crippen LogP contribution in [-0.2, 0) is 4.74 Å². The highest BCUT2D eigenvalue weighted by atomic mass is 79.9. The number of halogens is 2. The lowest BCUT2D eigenvalue weighted by molar-refractivity contribution is 0.136. The minimum atomic E-state index is -0.343. The average molecular weight is 330 g/mol. The van der Waals surface area contributed by atoms with Gasteiger partial charge in [0, 0.05) is 13.2 Å². The molecule has 1 heterocycles.